The van der Waals surface area contributed by atoms with Crippen molar-refractivity contribution in [2.24, 2.45) is 5.92 Å². The zero-order valence-corrected chi connectivity index (χ0v) is 16.3. The molecule has 1 N–H and O–H groups in total. The third-order valence-electron chi connectivity index (χ3n) is 3.81. The van der Waals surface area contributed by atoms with Crippen LogP contribution in [0.4, 0.5) is 0 Å². The molecule has 0 aliphatic rings. The molecule has 7 heteroatoms. The molecule has 136 valence electrons. The van der Waals surface area contributed by atoms with E-state index in [1.807, 2.05) is 19.9 Å². The van der Waals surface area contributed by atoms with Gasteiger partial charge in [0.1, 0.15) is 17.4 Å². The minimum atomic E-state index is -0.596. The van der Waals surface area contributed by atoms with Gasteiger partial charge < -0.3 is 9.84 Å². The van der Waals surface area contributed by atoms with Crippen LogP contribution in [0.5, 0.6) is 11.6 Å². The number of hydrogen-bond acceptors (Lipinski definition) is 5. The normalized spacial score (nSPS) is 10.6. The van der Waals surface area contributed by atoms with Gasteiger partial charge in [-0.15, -0.1) is 0 Å². The fraction of sp³-hybridized carbons (Fsp3) is 0.316. The Balaban J connectivity index is 2.40. The number of ether oxygens (including phenoxy) is 1. The molecule has 0 aliphatic heterocycles. The summed E-state index contributed by atoms with van der Waals surface area (Å²) in [7, 11) is 0. The molecule has 2 rings (SSSR count). The third-order valence-corrected chi connectivity index (χ3v) is 4.34. The highest BCUT2D eigenvalue weighted by Gasteiger charge is 2.24. The molecule has 1 aromatic heterocycles. The van der Waals surface area contributed by atoms with Gasteiger partial charge in [-0.05, 0) is 42.7 Å². The lowest BCUT2D eigenvalue weighted by molar-refractivity contribution is 0.0916. The molecule has 1 heterocycles. The molecule has 0 saturated carbocycles. The maximum Gasteiger partial charge on any atom is 0.271 e. The summed E-state index contributed by atoms with van der Waals surface area (Å²) in [5.74, 6) is -0.383. The summed E-state index contributed by atoms with van der Waals surface area (Å²) in [6, 6.07) is 8.79. The van der Waals surface area contributed by atoms with Crippen LogP contribution >= 0.6 is 15.9 Å². The average Bonchev–Trinajstić information content (AvgIpc) is 2.58. The van der Waals surface area contributed by atoms with Crippen molar-refractivity contribution in [1.82, 2.24) is 4.57 Å². The quantitative estimate of drug-likeness (QED) is 0.725. The minimum Gasteiger partial charge on any atom is -0.494 e. The van der Waals surface area contributed by atoms with E-state index in [0.29, 0.717) is 5.75 Å². The summed E-state index contributed by atoms with van der Waals surface area (Å²) < 4.78 is 7.41. The Labute approximate surface area is 159 Å². The molecule has 0 atom stereocenters. The summed E-state index contributed by atoms with van der Waals surface area (Å²) in [5.41, 5.74) is -0.629. The molecular formula is C19H19BrN2O4. The zero-order chi connectivity index (χ0) is 19.4. The van der Waals surface area contributed by atoms with Crippen molar-refractivity contribution >= 4 is 21.7 Å². The van der Waals surface area contributed by atoms with Crippen molar-refractivity contribution in [1.29, 1.82) is 5.26 Å². The SMILES string of the molecule is Cc1c(C(=O)COc2ccc(Br)cc2)c(O)n(CC(C)C)c(=O)c1C#N. The van der Waals surface area contributed by atoms with E-state index >= 15 is 0 Å². The number of halogens is 1. The number of hydrogen-bond donors (Lipinski definition) is 1. The van der Waals surface area contributed by atoms with Gasteiger partial charge in [0.2, 0.25) is 11.7 Å². The average molecular weight is 419 g/mol. The standard InChI is InChI=1S/C19H19BrN2O4/c1-11(2)9-22-18(24)15(8-21)12(3)17(19(22)25)16(23)10-26-14-6-4-13(20)5-7-14/h4-7,11,25H,9-10H2,1-3H3. The number of nitriles is 1. The van der Waals surface area contributed by atoms with E-state index in [1.165, 1.54) is 6.92 Å². The number of carbonyl (C=O) groups excluding carboxylic acids is 1. The maximum atomic E-state index is 12.6. The maximum absolute atomic E-state index is 12.6. The van der Waals surface area contributed by atoms with Crippen LogP contribution in [0.1, 0.15) is 35.3 Å². The Bertz CT molecular complexity index is 925. The van der Waals surface area contributed by atoms with E-state index in [-0.39, 0.29) is 35.8 Å². The molecule has 26 heavy (non-hydrogen) atoms. The van der Waals surface area contributed by atoms with Crippen LogP contribution in [0.2, 0.25) is 0 Å². The topological polar surface area (TPSA) is 92.3 Å². The van der Waals surface area contributed by atoms with Gasteiger partial charge in [-0.25, -0.2) is 0 Å². The molecule has 0 aliphatic carbocycles. The van der Waals surface area contributed by atoms with E-state index < -0.39 is 17.2 Å². The second-order valence-corrected chi connectivity index (χ2v) is 7.20. The molecule has 0 radical (unpaired) electrons. The van der Waals surface area contributed by atoms with Gasteiger partial charge in [-0.2, -0.15) is 5.26 Å². The number of benzene rings is 1. The van der Waals surface area contributed by atoms with Crippen LogP contribution in [-0.4, -0.2) is 22.1 Å². The lowest BCUT2D eigenvalue weighted by Crippen LogP contribution is -2.29. The van der Waals surface area contributed by atoms with E-state index in [0.717, 1.165) is 9.04 Å². The summed E-state index contributed by atoms with van der Waals surface area (Å²) in [5, 5.41) is 19.8. The Morgan fingerprint density at radius 2 is 1.96 bits per heavy atom. The highest BCUT2D eigenvalue weighted by Crippen LogP contribution is 2.24. The highest BCUT2D eigenvalue weighted by molar-refractivity contribution is 9.10. The van der Waals surface area contributed by atoms with Crippen LogP contribution in [0.3, 0.4) is 0 Å². The molecule has 0 amide bonds. The molecule has 0 fully saturated rings. The lowest BCUT2D eigenvalue weighted by atomic mass is 10.0. The number of Topliss-reactive ketones (excluding diaryl/α,β-unsaturated/α-hetero) is 1. The van der Waals surface area contributed by atoms with Crippen molar-refractivity contribution in [3.8, 4) is 17.7 Å². The second kappa shape index (κ2) is 8.19. The molecule has 2 aromatic rings. The Morgan fingerprint density at radius 1 is 1.35 bits per heavy atom. The van der Waals surface area contributed by atoms with Crippen molar-refractivity contribution < 1.29 is 14.6 Å². The van der Waals surface area contributed by atoms with Gasteiger partial charge in [0.05, 0.1) is 5.56 Å². The molecule has 6 nitrogen and oxygen atoms in total. The first-order valence-electron chi connectivity index (χ1n) is 8.04. The smallest absolute Gasteiger partial charge is 0.271 e. The van der Waals surface area contributed by atoms with E-state index in [2.05, 4.69) is 15.9 Å². The van der Waals surface area contributed by atoms with E-state index in [9.17, 15) is 20.0 Å². The number of ketones is 1. The predicted molar refractivity (Wildman–Crippen MR) is 101 cm³/mol. The van der Waals surface area contributed by atoms with E-state index in [1.54, 1.807) is 24.3 Å². The van der Waals surface area contributed by atoms with Crippen LogP contribution in [-0.2, 0) is 6.54 Å². The molecular weight excluding hydrogens is 400 g/mol. The Kier molecular flexibility index (Phi) is 6.22. The summed E-state index contributed by atoms with van der Waals surface area (Å²) in [6.07, 6.45) is 0. The van der Waals surface area contributed by atoms with Gasteiger partial charge >= 0.3 is 0 Å². The van der Waals surface area contributed by atoms with Crippen LogP contribution in [0.25, 0.3) is 0 Å². The number of nitrogens with zero attached hydrogens (tertiary/aromatic N) is 2. The van der Waals surface area contributed by atoms with Gasteiger partial charge in [0.15, 0.2) is 6.61 Å². The second-order valence-electron chi connectivity index (χ2n) is 6.29. The number of aromatic nitrogens is 1. The summed E-state index contributed by atoms with van der Waals surface area (Å²) in [4.78, 5) is 25.0. The van der Waals surface area contributed by atoms with Crippen molar-refractivity contribution in [3.05, 3.63) is 55.8 Å². The van der Waals surface area contributed by atoms with Gasteiger partial charge in [-0.3, -0.25) is 14.2 Å². The van der Waals surface area contributed by atoms with Gasteiger partial charge in [0.25, 0.3) is 5.56 Å². The molecule has 0 bridgehead atoms. The molecule has 0 saturated heterocycles. The van der Waals surface area contributed by atoms with Gasteiger partial charge in [0, 0.05) is 11.0 Å². The number of pyridine rings is 1. The molecule has 0 unspecified atom stereocenters. The Hall–Kier alpha value is -2.59. The van der Waals surface area contributed by atoms with Gasteiger partial charge in [-0.1, -0.05) is 29.8 Å². The highest BCUT2D eigenvalue weighted by atomic mass is 79.9. The third kappa shape index (κ3) is 4.14. The first kappa shape index (κ1) is 19.7. The Morgan fingerprint density at radius 3 is 2.50 bits per heavy atom. The number of aromatic hydroxyl groups is 1. The molecule has 0 spiro atoms. The molecule has 1 aromatic carbocycles. The van der Waals surface area contributed by atoms with Crippen LogP contribution in [0, 0.1) is 24.2 Å². The fourth-order valence-corrected chi connectivity index (χ4v) is 2.84. The van der Waals surface area contributed by atoms with Crippen LogP contribution < -0.4 is 10.3 Å². The lowest BCUT2D eigenvalue weighted by Gasteiger charge is -2.17. The first-order valence-corrected chi connectivity index (χ1v) is 8.83. The number of carbonyl (C=O) groups is 1. The minimum absolute atomic E-state index is 0.0508. The summed E-state index contributed by atoms with van der Waals surface area (Å²) >= 11 is 3.31. The van der Waals surface area contributed by atoms with Crippen molar-refractivity contribution in [2.75, 3.05) is 6.61 Å². The van der Waals surface area contributed by atoms with Crippen molar-refractivity contribution in [2.45, 2.75) is 27.3 Å². The largest absolute Gasteiger partial charge is 0.494 e. The zero-order valence-electron chi connectivity index (χ0n) is 14.7. The summed E-state index contributed by atoms with van der Waals surface area (Å²) in [6.45, 7) is 5.10. The first-order chi connectivity index (χ1) is 12.3. The monoisotopic (exact) mass is 418 g/mol. The predicted octanol–water partition coefficient (Wildman–Crippen LogP) is 3.41. The fourth-order valence-electron chi connectivity index (χ4n) is 2.57. The van der Waals surface area contributed by atoms with Crippen LogP contribution in [0.15, 0.2) is 33.5 Å². The number of rotatable bonds is 6. The van der Waals surface area contributed by atoms with Crippen molar-refractivity contribution in [3.63, 3.8) is 0 Å². The van der Waals surface area contributed by atoms with E-state index in [4.69, 9.17) is 4.74 Å².